The van der Waals surface area contributed by atoms with Gasteiger partial charge in [-0.1, -0.05) is 52.0 Å². The summed E-state index contributed by atoms with van der Waals surface area (Å²) in [5.41, 5.74) is 2.65. The van der Waals surface area contributed by atoms with Crippen LogP contribution in [0.5, 0.6) is 0 Å². The molecule has 0 aliphatic rings. The highest BCUT2D eigenvalue weighted by atomic mass is 15.2. The van der Waals surface area contributed by atoms with Gasteiger partial charge in [0.05, 0.1) is 0 Å². The van der Waals surface area contributed by atoms with E-state index in [-0.39, 0.29) is 0 Å². The van der Waals surface area contributed by atoms with Gasteiger partial charge >= 0.3 is 0 Å². The summed E-state index contributed by atoms with van der Waals surface area (Å²) in [5, 5.41) is 6.73. The van der Waals surface area contributed by atoms with Crippen LogP contribution in [0.25, 0.3) is 0 Å². The van der Waals surface area contributed by atoms with Crippen LogP contribution in [0, 0.1) is 5.92 Å². The summed E-state index contributed by atoms with van der Waals surface area (Å²) in [4.78, 5) is 6.69. The molecular weight excluding hydrogens is 284 g/mol. The van der Waals surface area contributed by atoms with Gasteiger partial charge in [0.2, 0.25) is 0 Å². The fourth-order valence-electron chi connectivity index (χ4n) is 2.35. The Morgan fingerprint density at radius 2 is 1.65 bits per heavy atom. The van der Waals surface area contributed by atoms with Gasteiger partial charge in [0, 0.05) is 26.7 Å². The van der Waals surface area contributed by atoms with Gasteiger partial charge < -0.3 is 10.6 Å². The summed E-state index contributed by atoms with van der Waals surface area (Å²) in [6.45, 7) is 13.9. The minimum absolute atomic E-state index is 0.707. The van der Waals surface area contributed by atoms with Crippen molar-refractivity contribution < 1.29 is 0 Å². The topological polar surface area (TPSA) is 39.7 Å². The van der Waals surface area contributed by atoms with Crippen LogP contribution in [-0.4, -0.2) is 37.5 Å². The highest BCUT2D eigenvalue weighted by Crippen LogP contribution is 2.07. The highest BCUT2D eigenvalue weighted by Gasteiger charge is 2.02. The highest BCUT2D eigenvalue weighted by molar-refractivity contribution is 5.79. The van der Waals surface area contributed by atoms with Crippen LogP contribution >= 0.6 is 0 Å². The Morgan fingerprint density at radius 1 is 1.04 bits per heavy atom. The number of rotatable bonds is 9. The number of guanidine groups is 1. The van der Waals surface area contributed by atoms with Crippen LogP contribution in [0.1, 0.15) is 45.2 Å². The fourth-order valence-corrected chi connectivity index (χ4v) is 2.35. The van der Waals surface area contributed by atoms with Gasteiger partial charge in [-0.15, -0.1) is 0 Å². The summed E-state index contributed by atoms with van der Waals surface area (Å²) in [5.74, 6) is 1.58. The average Bonchev–Trinajstić information content (AvgIpc) is 2.56. The van der Waals surface area contributed by atoms with Crippen LogP contribution in [0.2, 0.25) is 0 Å². The molecule has 0 saturated heterocycles. The molecule has 0 aromatic heterocycles. The molecule has 0 atom stereocenters. The molecule has 4 heteroatoms. The van der Waals surface area contributed by atoms with Gasteiger partial charge in [0.25, 0.3) is 0 Å². The maximum Gasteiger partial charge on any atom is 0.191 e. The van der Waals surface area contributed by atoms with Crippen molar-refractivity contribution >= 4 is 5.96 Å². The Hall–Kier alpha value is -1.55. The molecule has 1 aromatic rings. The lowest BCUT2D eigenvalue weighted by Gasteiger charge is -2.18. The third-order valence-electron chi connectivity index (χ3n) is 4.02. The summed E-state index contributed by atoms with van der Waals surface area (Å²) < 4.78 is 0. The minimum Gasteiger partial charge on any atom is -0.356 e. The Bertz CT molecular complexity index is 447. The molecule has 0 unspecified atom stereocenters. The van der Waals surface area contributed by atoms with E-state index in [2.05, 4.69) is 72.5 Å². The molecule has 130 valence electrons. The summed E-state index contributed by atoms with van der Waals surface area (Å²) >= 11 is 0. The normalized spacial score (nSPS) is 12.0. The van der Waals surface area contributed by atoms with Crippen molar-refractivity contribution in [3.05, 3.63) is 35.4 Å². The Morgan fingerprint density at radius 3 is 2.17 bits per heavy atom. The van der Waals surface area contributed by atoms with E-state index >= 15 is 0 Å². The monoisotopic (exact) mass is 318 g/mol. The number of benzene rings is 1. The maximum absolute atomic E-state index is 4.27. The van der Waals surface area contributed by atoms with Crippen molar-refractivity contribution in [2.24, 2.45) is 10.9 Å². The van der Waals surface area contributed by atoms with Crippen molar-refractivity contribution in [1.82, 2.24) is 15.5 Å². The molecule has 0 spiro atoms. The van der Waals surface area contributed by atoms with Crippen molar-refractivity contribution in [3.8, 4) is 0 Å². The third kappa shape index (κ3) is 8.03. The average molecular weight is 319 g/mol. The number of nitrogens with zero attached hydrogens (tertiary/aromatic N) is 2. The zero-order chi connectivity index (χ0) is 17.1. The molecule has 0 amide bonds. The fraction of sp³-hybridized carbons (Fsp3) is 0.632. The minimum atomic E-state index is 0.707. The van der Waals surface area contributed by atoms with Crippen molar-refractivity contribution in [1.29, 1.82) is 0 Å². The second kappa shape index (κ2) is 11.1. The summed E-state index contributed by atoms with van der Waals surface area (Å²) in [6, 6.07) is 8.86. The first-order chi connectivity index (χ1) is 11.1. The smallest absolute Gasteiger partial charge is 0.191 e. The standard InChI is InChI=1S/C19H34N4/c1-6-23(7-2)15-18-10-8-17(9-11-18)14-22-19(20-5)21-13-12-16(3)4/h8-11,16H,6-7,12-15H2,1-5H3,(H2,20,21,22). The van der Waals surface area contributed by atoms with Crippen LogP contribution in [0.3, 0.4) is 0 Å². The zero-order valence-corrected chi connectivity index (χ0v) is 15.5. The van der Waals surface area contributed by atoms with E-state index in [0.717, 1.165) is 45.1 Å². The van der Waals surface area contributed by atoms with Crippen LogP contribution in [0.15, 0.2) is 29.3 Å². The van der Waals surface area contributed by atoms with Crippen LogP contribution in [-0.2, 0) is 13.1 Å². The van der Waals surface area contributed by atoms with Gasteiger partial charge in [-0.05, 0) is 36.6 Å². The number of aliphatic imine (C=N–C) groups is 1. The van der Waals surface area contributed by atoms with E-state index in [0.29, 0.717) is 5.92 Å². The quantitative estimate of drug-likeness (QED) is 0.542. The van der Waals surface area contributed by atoms with Gasteiger partial charge in [0.15, 0.2) is 5.96 Å². The van der Waals surface area contributed by atoms with E-state index in [9.17, 15) is 0 Å². The molecule has 0 aliphatic carbocycles. The van der Waals surface area contributed by atoms with E-state index in [1.54, 1.807) is 0 Å². The lowest BCUT2D eigenvalue weighted by molar-refractivity contribution is 0.296. The molecule has 0 aliphatic heterocycles. The van der Waals surface area contributed by atoms with E-state index in [1.807, 2.05) is 7.05 Å². The molecule has 4 nitrogen and oxygen atoms in total. The first-order valence-corrected chi connectivity index (χ1v) is 8.83. The largest absolute Gasteiger partial charge is 0.356 e. The molecule has 0 fully saturated rings. The number of nitrogens with one attached hydrogen (secondary N) is 2. The predicted octanol–water partition coefficient (Wildman–Crippen LogP) is 3.24. The van der Waals surface area contributed by atoms with Gasteiger partial charge in [0.1, 0.15) is 0 Å². The van der Waals surface area contributed by atoms with Gasteiger partial charge in [-0.25, -0.2) is 0 Å². The first-order valence-electron chi connectivity index (χ1n) is 8.83. The van der Waals surface area contributed by atoms with Gasteiger partial charge in [-0.3, -0.25) is 9.89 Å². The molecule has 23 heavy (non-hydrogen) atoms. The van der Waals surface area contributed by atoms with Crippen molar-refractivity contribution in [2.45, 2.75) is 47.2 Å². The summed E-state index contributed by atoms with van der Waals surface area (Å²) in [7, 11) is 1.82. The van der Waals surface area contributed by atoms with Crippen molar-refractivity contribution in [2.75, 3.05) is 26.7 Å². The third-order valence-corrected chi connectivity index (χ3v) is 4.02. The Kier molecular flexibility index (Phi) is 9.37. The molecule has 0 radical (unpaired) electrons. The zero-order valence-electron chi connectivity index (χ0n) is 15.5. The van der Waals surface area contributed by atoms with E-state index < -0.39 is 0 Å². The summed E-state index contributed by atoms with van der Waals surface area (Å²) in [6.07, 6.45) is 1.15. The molecule has 1 rings (SSSR count). The molecule has 0 bridgehead atoms. The lowest BCUT2D eigenvalue weighted by atomic mass is 10.1. The predicted molar refractivity (Wildman–Crippen MR) is 101 cm³/mol. The molecule has 2 N–H and O–H groups in total. The van der Waals surface area contributed by atoms with Crippen LogP contribution < -0.4 is 10.6 Å². The molecule has 0 heterocycles. The van der Waals surface area contributed by atoms with E-state index in [4.69, 9.17) is 0 Å². The Labute approximate surface area is 142 Å². The number of hydrogen-bond donors (Lipinski definition) is 2. The van der Waals surface area contributed by atoms with E-state index in [1.165, 1.54) is 11.1 Å². The Balaban J connectivity index is 2.42. The molecule has 0 saturated carbocycles. The second-order valence-corrected chi connectivity index (χ2v) is 6.31. The molecular formula is C19H34N4. The van der Waals surface area contributed by atoms with Crippen molar-refractivity contribution in [3.63, 3.8) is 0 Å². The maximum atomic E-state index is 4.27. The number of hydrogen-bond acceptors (Lipinski definition) is 2. The lowest BCUT2D eigenvalue weighted by Crippen LogP contribution is -2.37. The molecule has 1 aromatic carbocycles. The first kappa shape index (κ1) is 19.5. The second-order valence-electron chi connectivity index (χ2n) is 6.31. The SMILES string of the molecule is CCN(CC)Cc1ccc(CNC(=NC)NCCC(C)C)cc1. The van der Waals surface area contributed by atoms with Gasteiger partial charge in [-0.2, -0.15) is 0 Å². The van der Waals surface area contributed by atoms with Crippen LogP contribution in [0.4, 0.5) is 0 Å².